The highest BCUT2D eigenvalue weighted by Crippen LogP contribution is 2.26. The number of phenolic OH excluding ortho intramolecular Hbond substituents is 1. The highest BCUT2D eigenvalue weighted by atomic mass is 16.3. The second-order valence-corrected chi connectivity index (χ2v) is 7.44. The maximum Gasteiger partial charge on any atom is 0.196 e. The molecule has 0 fully saturated rings. The van der Waals surface area contributed by atoms with Gasteiger partial charge in [-0.25, -0.2) is 0 Å². The molecule has 0 aromatic heterocycles. The summed E-state index contributed by atoms with van der Waals surface area (Å²) in [6, 6.07) is 14.7. The summed E-state index contributed by atoms with van der Waals surface area (Å²) in [7, 11) is 0. The van der Waals surface area contributed by atoms with E-state index in [1.165, 1.54) is 57.8 Å². The summed E-state index contributed by atoms with van der Waals surface area (Å²) in [6.07, 6.45) is 13.8. The molecule has 0 aliphatic heterocycles. The molecule has 0 aliphatic rings. The molecular formula is C25H34O2. The van der Waals surface area contributed by atoms with E-state index < -0.39 is 0 Å². The number of benzene rings is 2. The number of aromatic hydroxyl groups is 1. The van der Waals surface area contributed by atoms with Gasteiger partial charge >= 0.3 is 0 Å². The van der Waals surface area contributed by atoms with Gasteiger partial charge in [0.05, 0.1) is 5.56 Å². The quantitative estimate of drug-likeness (QED) is 0.303. The summed E-state index contributed by atoms with van der Waals surface area (Å²) in [5.41, 5.74) is 1.91. The maximum absolute atomic E-state index is 12.6. The number of aryl methyl sites for hydroxylation is 1. The van der Waals surface area contributed by atoms with Gasteiger partial charge in [-0.1, -0.05) is 107 Å². The average molecular weight is 367 g/mol. The zero-order chi connectivity index (χ0) is 19.3. The molecule has 2 aromatic carbocycles. The Balaban J connectivity index is 1.74. The lowest BCUT2D eigenvalue weighted by atomic mass is 9.97. The molecule has 0 saturated carbocycles. The normalized spacial score (nSPS) is 10.9. The monoisotopic (exact) mass is 366 g/mol. The van der Waals surface area contributed by atoms with E-state index in [1.54, 1.807) is 18.2 Å². The molecule has 0 unspecified atom stereocenters. The van der Waals surface area contributed by atoms with Gasteiger partial charge in [0.2, 0.25) is 0 Å². The molecule has 2 aromatic rings. The molecular weight excluding hydrogens is 332 g/mol. The van der Waals surface area contributed by atoms with Gasteiger partial charge in [-0.2, -0.15) is 0 Å². The molecule has 0 radical (unpaired) electrons. The molecule has 146 valence electrons. The van der Waals surface area contributed by atoms with Crippen molar-refractivity contribution in [3.63, 3.8) is 0 Å². The van der Waals surface area contributed by atoms with Crippen LogP contribution < -0.4 is 0 Å². The van der Waals surface area contributed by atoms with E-state index in [4.69, 9.17) is 0 Å². The largest absolute Gasteiger partial charge is 0.507 e. The van der Waals surface area contributed by atoms with Crippen LogP contribution in [-0.2, 0) is 6.42 Å². The smallest absolute Gasteiger partial charge is 0.196 e. The Morgan fingerprint density at radius 3 is 1.96 bits per heavy atom. The summed E-state index contributed by atoms with van der Waals surface area (Å²) in [5.74, 6) is 0.0419. The van der Waals surface area contributed by atoms with E-state index in [2.05, 4.69) is 6.92 Å². The first-order chi connectivity index (χ1) is 13.2. The number of phenols is 1. The molecule has 0 aliphatic carbocycles. The van der Waals surface area contributed by atoms with Crippen molar-refractivity contribution < 1.29 is 9.90 Å². The second-order valence-electron chi connectivity index (χ2n) is 7.44. The Morgan fingerprint density at radius 2 is 1.33 bits per heavy atom. The third kappa shape index (κ3) is 7.21. The number of hydrogen-bond acceptors (Lipinski definition) is 2. The fourth-order valence-corrected chi connectivity index (χ4v) is 3.52. The van der Waals surface area contributed by atoms with E-state index in [0.29, 0.717) is 11.1 Å². The highest BCUT2D eigenvalue weighted by molar-refractivity contribution is 6.10. The van der Waals surface area contributed by atoms with E-state index in [-0.39, 0.29) is 11.5 Å². The van der Waals surface area contributed by atoms with Crippen LogP contribution in [0.2, 0.25) is 0 Å². The van der Waals surface area contributed by atoms with Crippen molar-refractivity contribution in [2.75, 3.05) is 0 Å². The predicted molar refractivity (Wildman–Crippen MR) is 114 cm³/mol. The van der Waals surface area contributed by atoms with Crippen LogP contribution in [0.4, 0.5) is 0 Å². The van der Waals surface area contributed by atoms with Gasteiger partial charge in [-0.15, -0.1) is 0 Å². The summed E-state index contributed by atoms with van der Waals surface area (Å²) >= 11 is 0. The molecule has 1 N–H and O–H groups in total. The summed E-state index contributed by atoms with van der Waals surface area (Å²) < 4.78 is 0. The van der Waals surface area contributed by atoms with Crippen molar-refractivity contribution in [1.82, 2.24) is 0 Å². The van der Waals surface area contributed by atoms with Crippen molar-refractivity contribution in [2.24, 2.45) is 0 Å². The van der Waals surface area contributed by atoms with Crippen molar-refractivity contribution in [1.29, 1.82) is 0 Å². The third-order valence-electron chi connectivity index (χ3n) is 5.20. The van der Waals surface area contributed by atoms with Crippen LogP contribution in [0.1, 0.15) is 92.6 Å². The SMILES string of the molecule is CCCCCCCCCCCCc1cccc(C(=O)c2ccccc2)c1O. The number of ketones is 1. The van der Waals surface area contributed by atoms with Crippen LogP contribution >= 0.6 is 0 Å². The first-order valence-electron chi connectivity index (χ1n) is 10.6. The molecule has 0 saturated heterocycles. The second kappa shape index (κ2) is 12.3. The number of unbranched alkanes of at least 4 members (excludes halogenated alkanes) is 9. The van der Waals surface area contributed by atoms with Crippen LogP contribution in [0.3, 0.4) is 0 Å². The minimum absolute atomic E-state index is 0.113. The van der Waals surface area contributed by atoms with Crippen molar-refractivity contribution in [2.45, 2.75) is 77.6 Å². The van der Waals surface area contributed by atoms with Crippen LogP contribution in [0, 0.1) is 0 Å². The Kier molecular flexibility index (Phi) is 9.68. The van der Waals surface area contributed by atoms with Gasteiger partial charge in [0, 0.05) is 5.56 Å². The Morgan fingerprint density at radius 1 is 0.741 bits per heavy atom. The Labute approximate surface area is 164 Å². The predicted octanol–water partition coefficient (Wildman–Crippen LogP) is 7.09. The van der Waals surface area contributed by atoms with Gasteiger partial charge in [0.25, 0.3) is 0 Å². The minimum Gasteiger partial charge on any atom is -0.507 e. The fraction of sp³-hybridized carbons (Fsp3) is 0.480. The standard InChI is InChI=1S/C25H34O2/c1-2-3-4-5-6-7-8-9-10-12-16-22-19-15-20-23(25(22)27)24(26)21-17-13-11-14-18-21/h11,13-15,17-20,27H,2-10,12,16H2,1H3. The van der Waals surface area contributed by atoms with Crippen LogP contribution in [0.5, 0.6) is 5.75 Å². The summed E-state index contributed by atoms with van der Waals surface area (Å²) in [4.78, 5) is 12.6. The zero-order valence-corrected chi connectivity index (χ0v) is 16.8. The van der Waals surface area contributed by atoms with Crippen molar-refractivity contribution >= 4 is 5.78 Å². The molecule has 0 amide bonds. The number of rotatable bonds is 13. The van der Waals surface area contributed by atoms with E-state index >= 15 is 0 Å². The molecule has 2 nitrogen and oxygen atoms in total. The maximum atomic E-state index is 12.6. The zero-order valence-electron chi connectivity index (χ0n) is 16.8. The Bertz CT molecular complexity index is 676. The summed E-state index contributed by atoms with van der Waals surface area (Å²) in [6.45, 7) is 2.26. The lowest BCUT2D eigenvalue weighted by Crippen LogP contribution is -2.03. The Hall–Kier alpha value is -2.09. The number of para-hydroxylation sites is 1. The van der Waals surface area contributed by atoms with Crippen molar-refractivity contribution in [3.8, 4) is 5.75 Å². The first-order valence-corrected chi connectivity index (χ1v) is 10.6. The lowest BCUT2D eigenvalue weighted by Gasteiger charge is -2.09. The number of carbonyl (C=O) groups excluding carboxylic acids is 1. The van der Waals surface area contributed by atoms with E-state index in [0.717, 1.165) is 18.4 Å². The number of hydrogen-bond donors (Lipinski definition) is 1. The van der Waals surface area contributed by atoms with Crippen LogP contribution in [0.25, 0.3) is 0 Å². The molecule has 27 heavy (non-hydrogen) atoms. The van der Waals surface area contributed by atoms with Crippen LogP contribution in [-0.4, -0.2) is 10.9 Å². The third-order valence-corrected chi connectivity index (χ3v) is 5.20. The van der Waals surface area contributed by atoms with Crippen molar-refractivity contribution in [3.05, 3.63) is 65.2 Å². The fourth-order valence-electron chi connectivity index (χ4n) is 3.52. The lowest BCUT2D eigenvalue weighted by molar-refractivity contribution is 0.103. The number of carbonyl (C=O) groups is 1. The highest BCUT2D eigenvalue weighted by Gasteiger charge is 2.15. The average Bonchev–Trinajstić information content (AvgIpc) is 2.70. The minimum atomic E-state index is -0.113. The van der Waals surface area contributed by atoms with Crippen LogP contribution in [0.15, 0.2) is 48.5 Å². The van der Waals surface area contributed by atoms with Gasteiger partial charge in [0.1, 0.15) is 5.75 Å². The molecule has 2 rings (SSSR count). The van der Waals surface area contributed by atoms with Gasteiger partial charge in [0.15, 0.2) is 5.78 Å². The first kappa shape index (κ1) is 21.2. The molecule has 0 bridgehead atoms. The molecule has 0 spiro atoms. The molecule has 2 heteroatoms. The van der Waals surface area contributed by atoms with Gasteiger partial charge < -0.3 is 5.11 Å². The van der Waals surface area contributed by atoms with E-state index in [1.807, 2.05) is 30.3 Å². The van der Waals surface area contributed by atoms with E-state index in [9.17, 15) is 9.90 Å². The molecule has 0 atom stereocenters. The van der Waals surface area contributed by atoms with Gasteiger partial charge in [-0.05, 0) is 24.5 Å². The van der Waals surface area contributed by atoms with Gasteiger partial charge in [-0.3, -0.25) is 4.79 Å². The topological polar surface area (TPSA) is 37.3 Å². The molecule has 0 heterocycles. The summed E-state index contributed by atoms with van der Waals surface area (Å²) in [5, 5.41) is 10.5.